The third-order valence-electron chi connectivity index (χ3n) is 2.24. The fourth-order valence-electron chi connectivity index (χ4n) is 1.44. The van der Waals surface area contributed by atoms with E-state index < -0.39 is 0 Å². The van der Waals surface area contributed by atoms with E-state index in [-0.39, 0.29) is 11.3 Å². The Morgan fingerprint density at radius 1 is 1.36 bits per heavy atom. The van der Waals surface area contributed by atoms with Gasteiger partial charge in [0.2, 0.25) is 5.91 Å². The Labute approximate surface area is 89.1 Å². The predicted octanol–water partition coefficient (Wildman–Crippen LogP) is 2.49. The number of carbonyl (C=O) groups is 1. The highest BCUT2D eigenvalue weighted by molar-refractivity contribution is 6.30. The Hall–Kier alpha value is -1.02. The number of primary amides is 1. The number of nitrogens with two attached hydrogens (primary N) is 1. The van der Waals surface area contributed by atoms with E-state index in [1.54, 1.807) is 0 Å². The zero-order valence-electron chi connectivity index (χ0n) is 8.38. The van der Waals surface area contributed by atoms with E-state index in [1.165, 1.54) is 0 Å². The molecular formula is C11H14ClNO. The number of amides is 1. The molecule has 14 heavy (non-hydrogen) atoms. The summed E-state index contributed by atoms with van der Waals surface area (Å²) < 4.78 is 0. The molecule has 0 aliphatic carbocycles. The molecule has 0 heterocycles. The van der Waals surface area contributed by atoms with E-state index >= 15 is 0 Å². The van der Waals surface area contributed by atoms with E-state index in [9.17, 15) is 4.79 Å². The number of hydrogen-bond donors (Lipinski definition) is 1. The second kappa shape index (κ2) is 4.01. The minimum absolute atomic E-state index is 0.226. The van der Waals surface area contributed by atoms with Crippen molar-refractivity contribution < 1.29 is 4.79 Å². The Balaban J connectivity index is 2.91. The Morgan fingerprint density at radius 2 is 1.86 bits per heavy atom. The molecule has 0 fully saturated rings. The molecule has 0 aliphatic rings. The highest BCUT2D eigenvalue weighted by Crippen LogP contribution is 2.27. The average Bonchev–Trinajstić information content (AvgIpc) is 2.02. The molecule has 0 aliphatic heterocycles. The third kappa shape index (κ3) is 2.74. The maximum atomic E-state index is 10.9. The minimum atomic E-state index is -0.287. The van der Waals surface area contributed by atoms with Crippen LogP contribution in [0.3, 0.4) is 0 Å². The van der Waals surface area contributed by atoms with Crippen LogP contribution in [0.1, 0.15) is 25.8 Å². The first kappa shape index (κ1) is 11.1. The summed E-state index contributed by atoms with van der Waals surface area (Å²) in [5.41, 5.74) is 6.03. The molecule has 0 radical (unpaired) electrons. The third-order valence-corrected chi connectivity index (χ3v) is 2.49. The maximum absolute atomic E-state index is 10.9. The van der Waals surface area contributed by atoms with Gasteiger partial charge in [0.1, 0.15) is 0 Å². The molecule has 2 nitrogen and oxygen atoms in total. The normalized spacial score (nSPS) is 11.4. The highest BCUT2D eigenvalue weighted by Gasteiger charge is 2.22. The molecule has 3 heteroatoms. The van der Waals surface area contributed by atoms with Crippen LogP contribution in [0.25, 0.3) is 0 Å². The van der Waals surface area contributed by atoms with Crippen molar-refractivity contribution in [3.63, 3.8) is 0 Å². The quantitative estimate of drug-likeness (QED) is 0.820. The molecule has 1 aromatic carbocycles. The topological polar surface area (TPSA) is 43.1 Å². The van der Waals surface area contributed by atoms with Crippen molar-refractivity contribution in [1.29, 1.82) is 0 Å². The molecular weight excluding hydrogens is 198 g/mol. The molecule has 0 spiro atoms. The largest absolute Gasteiger partial charge is 0.370 e. The molecule has 1 aromatic rings. The van der Waals surface area contributed by atoms with Crippen LogP contribution in [0.4, 0.5) is 0 Å². The highest BCUT2D eigenvalue weighted by atomic mass is 35.5. The van der Waals surface area contributed by atoms with Crippen LogP contribution in [0.5, 0.6) is 0 Å². The zero-order chi connectivity index (χ0) is 10.8. The van der Waals surface area contributed by atoms with E-state index in [0.29, 0.717) is 11.4 Å². The molecule has 0 bridgehead atoms. The van der Waals surface area contributed by atoms with Crippen LogP contribution in [-0.4, -0.2) is 5.91 Å². The van der Waals surface area contributed by atoms with Crippen LogP contribution in [0, 0.1) is 0 Å². The Morgan fingerprint density at radius 3 is 2.29 bits per heavy atom. The lowest BCUT2D eigenvalue weighted by atomic mass is 9.81. The van der Waals surface area contributed by atoms with Crippen molar-refractivity contribution in [2.75, 3.05) is 0 Å². The van der Waals surface area contributed by atoms with E-state index in [4.69, 9.17) is 17.3 Å². The smallest absolute Gasteiger partial charge is 0.218 e. The first-order valence-corrected chi connectivity index (χ1v) is 4.84. The van der Waals surface area contributed by atoms with Crippen LogP contribution >= 0.6 is 11.6 Å². The SMILES string of the molecule is CC(C)(CC(N)=O)c1ccc(Cl)cc1. The summed E-state index contributed by atoms with van der Waals surface area (Å²) in [6.07, 6.45) is 0.342. The summed E-state index contributed by atoms with van der Waals surface area (Å²) in [5.74, 6) is -0.287. The molecule has 76 valence electrons. The van der Waals surface area contributed by atoms with Crippen molar-refractivity contribution in [3.8, 4) is 0 Å². The van der Waals surface area contributed by atoms with Gasteiger partial charge in [-0.25, -0.2) is 0 Å². The van der Waals surface area contributed by atoms with Gasteiger partial charge in [0.05, 0.1) is 0 Å². The molecule has 1 amide bonds. The number of halogens is 1. The van der Waals surface area contributed by atoms with Gasteiger partial charge in [0.25, 0.3) is 0 Å². The fraction of sp³-hybridized carbons (Fsp3) is 0.364. The second-order valence-corrected chi connectivity index (χ2v) is 4.47. The zero-order valence-corrected chi connectivity index (χ0v) is 9.14. The van der Waals surface area contributed by atoms with Crippen molar-refractivity contribution in [3.05, 3.63) is 34.9 Å². The summed E-state index contributed by atoms with van der Waals surface area (Å²) in [6, 6.07) is 7.48. The number of benzene rings is 1. The fourth-order valence-corrected chi connectivity index (χ4v) is 1.56. The summed E-state index contributed by atoms with van der Waals surface area (Å²) in [5, 5.41) is 0.698. The van der Waals surface area contributed by atoms with Crippen molar-refractivity contribution in [1.82, 2.24) is 0 Å². The Bertz CT molecular complexity index is 330. The molecule has 2 N–H and O–H groups in total. The summed E-state index contributed by atoms with van der Waals surface area (Å²) in [7, 11) is 0. The average molecular weight is 212 g/mol. The monoisotopic (exact) mass is 211 g/mol. The van der Waals surface area contributed by atoms with Gasteiger partial charge in [-0.1, -0.05) is 37.6 Å². The predicted molar refractivity (Wildman–Crippen MR) is 58.3 cm³/mol. The molecule has 0 saturated heterocycles. The van der Waals surface area contributed by atoms with Gasteiger partial charge in [-0.2, -0.15) is 0 Å². The van der Waals surface area contributed by atoms with Gasteiger partial charge >= 0.3 is 0 Å². The molecule has 0 aromatic heterocycles. The molecule has 0 unspecified atom stereocenters. The van der Waals surface area contributed by atoms with Gasteiger partial charge in [-0.3, -0.25) is 4.79 Å². The van der Waals surface area contributed by atoms with Gasteiger partial charge in [-0.15, -0.1) is 0 Å². The summed E-state index contributed by atoms with van der Waals surface area (Å²) in [6.45, 7) is 3.97. The molecule has 0 saturated carbocycles. The second-order valence-electron chi connectivity index (χ2n) is 4.03. The first-order valence-electron chi connectivity index (χ1n) is 4.46. The van der Waals surface area contributed by atoms with Gasteiger partial charge in [-0.05, 0) is 23.1 Å². The lowest BCUT2D eigenvalue weighted by Crippen LogP contribution is -2.26. The van der Waals surface area contributed by atoms with E-state index in [2.05, 4.69) is 0 Å². The number of hydrogen-bond acceptors (Lipinski definition) is 1. The van der Waals surface area contributed by atoms with Crippen LogP contribution in [0.15, 0.2) is 24.3 Å². The van der Waals surface area contributed by atoms with Crippen LogP contribution in [0.2, 0.25) is 5.02 Å². The van der Waals surface area contributed by atoms with E-state index in [1.807, 2.05) is 38.1 Å². The number of carbonyl (C=O) groups excluding carboxylic acids is 1. The maximum Gasteiger partial charge on any atom is 0.218 e. The van der Waals surface area contributed by atoms with Crippen molar-refractivity contribution >= 4 is 17.5 Å². The molecule has 0 atom stereocenters. The van der Waals surface area contributed by atoms with Gasteiger partial charge in [0, 0.05) is 11.4 Å². The lowest BCUT2D eigenvalue weighted by molar-refractivity contribution is -0.119. The van der Waals surface area contributed by atoms with Crippen molar-refractivity contribution in [2.24, 2.45) is 5.73 Å². The molecule has 1 rings (SSSR count). The standard InChI is InChI=1S/C11H14ClNO/c1-11(2,7-10(13)14)8-3-5-9(12)6-4-8/h3-6H,7H2,1-2H3,(H2,13,14). The Kier molecular flexibility index (Phi) is 3.17. The van der Waals surface area contributed by atoms with Gasteiger partial charge in [0.15, 0.2) is 0 Å². The summed E-state index contributed by atoms with van der Waals surface area (Å²) in [4.78, 5) is 10.9. The van der Waals surface area contributed by atoms with E-state index in [0.717, 1.165) is 5.56 Å². The number of rotatable bonds is 3. The minimum Gasteiger partial charge on any atom is -0.370 e. The van der Waals surface area contributed by atoms with Gasteiger partial charge < -0.3 is 5.73 Å². The summed E-state index contributed by atoms with van der Waals surface area (Å²) >= 11 is 5.78. The van der Waals surface area contributed by atoms with Crippen LogP contribution < -0.4 is 5.73 Å². The lowest BCUT2D eigenvalue weighted by Gasteiger charge is -2.23. The first-order chi connectivity index (χ1) is 6.42. The van der Waals surface area contributed by atoms with Crippen LogP contribution in [-0.2, 0) is 10.2 Å². The van der Waals surface area contributed by atoms with Crippen molar-refractivity contribution in [2.45, 2.75) is 25.7 Å².